The smallest absolute Gasteiger partial charge is 0.416 e. The molecular weight excluding hydrogens is 374 g/mol. The van der Waals surface area contributed by atoms with Crippen molar-refractivity contribution in [1.82, 2.24) is 0 Å². The van der Waals surface area contributed by atoms with Gasteiger partial charge in [-0.3, -0.25) is 0 Å². The number of rotatable bonds is 3. The second kappa shape index (κ2) is 9.07. The van der Waals surface area contributed by atoms with Gasteiger partial charge in [0.15, 0.2) is 0 Å². The third kappa shape index (κ3) is 7.81. The molecule has 0 radical (unpaired) electrons. The molecule has 2 aromatic carbocycles. The molecule has 0 amide bonds. The molecule has 8 heteroatoms. The van der Waals surface area contributed by atoms with Crippen LogP contribution in [0.3, 0.4) is 0 Å². The molecule has 27 heavy (non-hydrogen) atoms. The van der Waals surface area contributed by atoms with Gasteiger partial charge in [-0.15, -0.1) is 0 Å². The Kier molecular flexibility index (Phi) is 7.39. The summed E-state index contributed by atoms with van der Waals surface area (Å²) in [5, 5.41) is 8.29. The molecule has 0 bridgehead atoms. The summed E-state index contributed by atoms with van der Waals surface area (Å²) in [5.74, 6) is -1.20. The van der Waals surface area contributed by atoms with E-state index in [4.69, 9.17) is 5.11 Å². The Bertz CT molecular complexity index is 819. The largest absolute Gasteiger partial charge is 0.478 e. The second-order valence-corrected chi connectivity index (χ2v) is 5.12. The molecule has 1 N–H and O–H groups in total. The first-order chi connectivity index (χ1) is 12.4. The van der Waals surface area contributed by atoms with E-state index < -0.39 is 29.4 Å². The summed E-state index contributed by atoms with van der Waals surface area (Å²) in [7, 11) is 0. The summed E-state index contributed by atoms with van der Waals surface area (Å²) in [6, 6.07) is 9.47. The average molecular weight is 388 g/mol. The highest BCUT2D eigenvalue weighted by molar-refractivity contribution is 5.85. The Morgan fingerprint density at radius 1 is 0.852 bits per heavy atom. The summed E-state index contributed by atoms with van der Waals surface area (Å²) in [6.07, 6.45) is -5.39. The summed E-state index contributed by atoms with van der Waals surface area (Å²) in [5.41, 5.74) is -0.757. The van der Waals surface area contributed by atoms with Gasteiger partial charge in [-0.2, -0.15) is 26.3 Å². The highest BCUT2D eigenvalue weighted by Gasteiger charge is 2.30. The Morgan fingerprint density at radius 3 is 1.70 bits per heavy atom. The number of alkyl halides is 6. The fourth-order valence-corrected chi connectivity index (χ4v) is 1.83. The van der Waals surface area contributed by atoms with Crippen molar-refractivity contribution in [2.24, 2.45) is 0 Å². The molecule has 0 heterocycles. The molecule has 0 aliphatic carbocycles. The topological polar surface area (TPSA) is 37.3 Å². The maximum absolute atomic E-state index is 12.2. The van der Waals surface area contributed by atoms with Crippen LogP contribution in [0.25, 0.3) is 12.2 Å². The molecule has 2 aromatic rings. The van der Waals surface area contributed by atoms with E-state index in [0.717, 1.165) is 36.4 Å². The van der Waals surface area contributed by atoms with Crippen LogP contribution in [0.4, 0.5) is 26.3 Å². The van der Waals surface area contributed by atoms with Crippen molar-refractivity contribution in [3.05, 3.63) is 83.4 Å². The Balaban J connectivity index is 0.000000277. The molecule has 2 nitrogen and oxygen atoms in total. The van der Waals surface area contributed by atoms with Crippen molar-refractivity contribution in [1.29, 1.82) is 0 Å². The van der Waals surface area contributed by atoms with Crippen LogP contribution < -0.4 is 0 Å². The van der Waals surface area contributed by atoms with Crippen LogP contribution in [0.1, 0.15) is 22.3 Å². The van der Waals surface area contributed by atoms with Crippen molar-refractivity contribution in [3.8, 4) is 0 Å². The first-order valence-electron chi connectivity index (χ1n) is 7.31. The molecule has 0 fully saturated rings. The Morgan fingerprint density at radius 2 is 1.30 bits per heavy atom. The lowest BCUT2D eigenvalue weighted by molar-refractivity contribution is -0.138. The molecule has 0 atom stereocenters. The first kappa shape index (κ1) is 22.0. The minimum Gasteiger partial charge on any atom is -0.478 e. The maximum atomic E-state index is 12.2. The third-order valence-electron chi connectivity index (χ3n) is 3.08. The quantitative estimate of drug-likeness (QED) is 0.506. The van der Waals surface area contributed by atoms with Crippen molar-refractivity contribution in [3.63, 3.8) is 0 Å². The summed E-state index contributed by atoms with van der Waals surface area (Å²) in [4.78, 5) is 10.1. The number of halogens is 6. The maximum Gasteiger partial charge on any atom is 0.416 e. The second-order valence-electron chi connectivity index (χ2n) is 5.12. The normalized spacial score (nSPS) is 11.6. The van der Waals surface area contributed by atoms with E-state index in [1.54, 1.807) is 6.07 Å². The summed E-state index contributed by atoms with van der Waals surface area (Å²) < 4.78 is 72.9. The van der Waals surface area contributed by atoms with E-state index in [2.05, 4.69) is 6.58 Å². The number of carboxylic acid groups (broad SMARTS) is 1. The van der Waals surface area contributed by atoms with Gasteiger partial charge in [0.2, 0.25) is 0 Å². The molecule has 0 saturated heterocycles. The van der Waals surface area contributed by atoms with Gasteiger partial charge in [-0.25, -0.2) is 4.79 Å². The lowest BCUT2D eigenvalue weighted by Gasteiger charge is -2.06. The molecule has 0 aliphatic rings. The van der Waals surface area contributed by atoms with E-state index >= 15 is 0 Å². The van der Waals surface area contributed by atoms with Gasteiger partial charge >= 0.3 is 18.3 Å². The molecule has 0 aliphatic heterocycles. The molecule has 0 saturated carbocycles. The number of benzene rings is 2. The fourth-order valence-electron chi connectivity index (χ4n) is 1.83. The van der Waals surface area contributed by atoms with Crippen molar-refractivity contribution in [2.75, 3.05) is 0 Å². The molecule has 0 spiro atoms. The van der Waals surface area contributed by atoms with Crippen LogP contribution in [0.5, 0.6) is 0 Å². The predicted octanol–water partition coefficient (Wildman–Crippen LogP) is 6.15. The zero-order valence-corrected chi connectivity index (χ0v) is 13.7. The van der Waals surface area contributed by atoms with E-state index in [9.17, 15) is 31.1 Å². The highest BCUT2D eigenvalue weighted by Crippen LogP contribution is 2.30. The minimum atomic E-state index is -4.41. The Hall–Kier alpha value is -3.03. The van der Waals surface area contributed by atoms with Crippen LogP contribution in [-0.2, 0) is 17.1 Å². The Labute approximate surface area is 151 Å². The zero-order valence-electron chi connectivity index (χ0n) is 13.7. The highest BCUT2D eigenvalue weighted by atomic mass is 19.4. The van der Waals surface area contributed by atoms with E-state index in [0.29, 0.717) is 5.56 Å². The molecule has 0 aromatic heterocycles. The van der Waals surface area contributed by atoms with Gasteiger partial charge in [0, 0.05) is 6.08 Å². The van der Waals surface area contributed by atoms with Crippen LogP contribution >= 0.6 is 0 Å². The minimum absolute atomic E-state index is 0.201. The lowest BCUT2D eigenvalue weighted by Crippen LogP contribution is -2.04. The van der Waals surface area contributed by atoms with E-state index in [1.165, 1.54) is 24.3 Å². The summed E-state index contributed by atoms with van der Waals surface area (Å²) in [6.45, 7) is 3.39. The van der Waals surface area contributed by atoms with Crippen LogP contribution in [0.2, 0.25) is 0 Å². The van der Waals surface area contributed by atoms with Crippen LogP contribution in [-0.4, -0.2) is 11.1 Å². The molecular formula is C19H14F6O2. The van der Waals surface area contributed by atoms with E-state index in [-0.39, 0.29) is 5.56 Å². The standard InChI is InChI=1S/C10H7F3O2.C9H7F3/c11-10(12,13)8-3-1-2-7(6-8)4-5-9(14)15;1-2-7-4-3-5-8(6-7)9(10,11)12/h1-6H,(H,14,15);2-6H,1H2. The average Bonchev–Trinajstić information content (AvgIpc) is 2.59. The van der Waals surface area contributed by atoms with Crippen molar-refractivity contribution < 1.29 is 36.2 Å². The van der Waals surface area contributed by atoms with Crippen LogP contribution in [0.15, 0.2) is 61.2 Å². The van der Waals surface area contributed by atoms with Gasteiger partial charge in [0.05, 0.1) is 11.1 Å². The number of hydrogen-bond donors (Lipinski definition) is 1. The number of carbonyl (C=O) groups is 1. The number of carboxylic acids is 1. The SMILES string of the molecule is C=Cc1cccc(C(F)(F)F)c1.O=C(O)C=Cc1cccc(C(F)(F)F)c1. The lowest BCUT2D eigenvalue weighted by atomic mass is 10.1. The fraction of sp³-hybridized carbons (Fsp3) is 0.105. The van der Waals surface area contributed by atoms with Gasteiger partial charge < -0.3 is 5.11 Å². The van der Waals surface area contributed by atoms with Crippen molar-refractivity contribution in [2.45, 2.75) is 12.4 Å². The number of aliphatic carboxylic acids is 1. The first-order valence-corrected chi connectivity index (χ1v) is 7.31. The number of hydrogen-bond acceptors (Lipinski definition) is 1. The van der Waals surface area contributed by atoms with E-state index in [1.807, 2.05) is 0 Å². The molecule has 2 rings (SSSR count). The molecule has 144 valence electrons. The third-order valence-corrected chi connectivity index (χ3v) is 3.08. The van der Waals surface area contributed by atoms with Crippen LogP contribution in [0, 0.1) is 0 Å². The summed E-state index contributed by atoms with van der Waals surface area (Å²) >= 11 is 0. The van der Waals surface area contributed by atoms with Gasteiger partial charge in [-0.1, -0.05) is 36.9 Å². The molecule has 0 unspecified atom stereocenters. The van der Waals surface area contributed by atoms with Gasteiger partial charge in [-0.05, 0) is 41.5 Å². The van der Waals surface area contributed by atoms with Crippen molar-refractivity contribution >= 4 is 18.1 Å². The predicted molar refractivity (Wildman–Crippen MR) is 89.6 cm³/mol. The monoisotopic (exact) mass is 388 g/mol. The zero-order chi connectivity index (χ0) is 20.7. The van der Waals surface area contributed by atoms with Gasteiger partial charge in [0.25, 0.3) is 0 Å². The van der Waals surface area contributed by atoms with Gasteiger partial charge in [0.1, 0.15) is 0 Å².